The van der Waals surface area contributed by atoms with Crippen LogP contribution in [0.1, 0.15) is 35.3 Å². The number of fused-ring (bicyclic) bond motifs is 3. The normalized spacial score (nSPS) is 17.6. The summed E-state index contributed by atoms with van der Waals surface area (Å²) in [6, 6.07) is 14.5. The SMILES string of the molecule is OCC1(c2ccccc2)CCN(c2nc(-c3cccnc3)nc3sc4c(c23)CCC4)CC1. The lowest BCUT2D eigenvalue weighted by Crippen LogP contribution is -2.45. The molecular formula is C26H26N4OS. The minimum atomic E-state index is -0.174. The van der Waals surface area contributed by atoms with Crippen molar-refractivity contribution in [2.24, 2.45) is 0 Å². The maximum atomic E-state index is 10.4. The van der Waals surface area contributed by atoms with Gasteiger partial charge in [0.2, 0.25) is 0 Å². The van der Waals surface area contributed by atoms with Crippen molar-refractivity contribution < 1.29 is 5.11 Å². The number of aryl methyl sites for hydroxylation is 2. The van der Waals surface area contributed by atoms with Crippen LogP contribution in [0.4, 0.5) is 5.82 Å². The van der Waals surface area contributed by atoms with Crippen molar-refractivity contribution in [2.75, 3.05) is 24.6 Å². The Labute approximate surface area is 191 Å². The van der Waals surface area contributed by atoms with Crippen LogP contribution in [-0.2, 0) is 18.3 Å². The maximum absolute atomic E-state index is 10.4. The number of pyridine rings is 1. The van der Waals surface area contributed by atoms with Crippen molar-refractivity contribution in [1.82, 2.24) is 15.0 Å². The van der Waals surface area contributed by atoms with E-state index >= 15 is 0 Å². The molecule has 0 unspecified atom stereocenters. The highest BCUT2D eigenvalue weighted by Crippen LogP contribution is 2.43. The first-order valence-electron chi connectivity index (χ1n) is 11.4. The smallest absolute Gasteiger partial charge is 0.164 e. The molecule has 162 valence electrons. The van der Waals surface area contributed by atoms with E-state index in [1.165, 1.54) is 27.8 Å². The Morgan fingerprint density at radius 2 is 1.84 bits per heavy atom. The second kappa shape index (κ2) is 7.94. The number of anilines is 1. The number of benzene rings is 1. The first-order valence-corrected chi connectivity index (χ1v) is 12.2. The largest absolute Gasteiger partial charge is 0.395 e. The molecular weight excluding hydrogens is 416 g/mol. The molecule has 6 rings (SSSR count). The van der Waals surface area contributed by atoms with Crippen molar-refractivity contribution in [3.8, 4) is 11.4 Å². The Balaban J connectivity index is 1.41. The Kier molecular flexibility index (Phi) is 4.92. The van der Waals surface area contributed by atoms with Crippen LogP contribution in [0, 0.1) is 0 Å². The molecule has 0 atom stereocenters. The molecule has 6 heteroatoms. The quantitative estimate of drug-likeness (QED) is 0.493. The third kappa shape index (κ3) is 3.21. The Bertz CT molecular complexity index is 1250. The minimum Gasteiger partial charge on any atom is -0.395 e. The van der Waals surface area contributed by atoms with Crippen molar-refractivity contribution in [3.05, 3.63) is 70.9 Å². The number of nitrogens with zero attached hydrogens (tertiary/aromatic N) is 4. The van der Waals surface area contributed by atoms with Gasteiger partial charge in [-0.1, -0.05) is 30.3 Å². The van der Waals surface area contributed by atoms with Crippen molar-refractivity contribution in [3.63, 3.8) is 0 Å². The van der Waals surface area contributed by atoms with Crippen molar-refractivity contribution >= 4 is 27.4 Å². The topological polar surface area (TPSA) is 62.1 Å². The van der Waals surface area contributed by atoms with Crippen LogP contribution in [0.15, 0.2) is 54.9 Å². The first kappa shape index (κ1) is 19.8. The van der Waals surface area contributed by atoms with E-state index in [9.17, 15) is 5.11 Å². The summed E-state index contributed by atoms with van der Waals surface area (Å²) in [5.41, 5.74) is 3.48. The molecule has 0 radical (unpaired) electrons. The first-order chi connectivity index (χ1) is 15.8. The lowest BCUT2D eigenvalue weighted by Gasteiger charge is -2.42. The fourth-order valence-corrected chi connectivity index (χ4v) is 6.56. The standard InChI is InChI=1S/C26H26N4OS/c31-17-26(19-7-2-1-3-8-19)11-14-30(15-12-26)24-22-20-9-4-10-21(20)32-25(22)29-23(28-24)18-6-5-13-27-16-18/h1-3,5-8,13,16,31H,4,9-12,14-15,17H2. The number of aliphatic hydroxyl groups excluding tert-OH is 1. The van der Waals surface area contributed by atoms with Gasteiger partial charge in [0.25, 0.3) is 0 Å². The molecule has 0 saturated carbocycles. The van der Waals surface area contributed by atoms with Gasteiger partial charge in [0.05, 0.1) is 12.0 Å². The molecule has 0 bridgehead atoms. The van der Waals surface area contributed by atoms with Crippen LogP contribution in [0.2, 0.25) is 0 Å². The lowest BCUT2D eigenvalue weighted by molar-refractivity contribution is 0.165. The summed E-state index contributed by atoms with van der Waals surface area (Å²) in [5.74, 6) is 1.82. The van der Waals surface area contributed by atoms with E-state index < -0.39 is 0 Å². The van der Waals surface area contributed by atoms with E-state index in [2.05, 4.69) is 34.1 Å². The monoisotopic (exact) mass is 442 g/mol. The summed E-state index contributed by atoms with van der Waals surface area (Å²) in [7, 11) is 0. The fourth-order valence-electron chi connectivity index (χ4n) is 5.31. The summed E-state index contributed by atoms with van der Waals surface area (Å²) >= 11 is 1.84. The van der Waals surface area contributed by atoms with Gasteiger partial charge in [0, 0.05) is 41.3 Å². The zero-order valence-corrected chi connectivity index (χ0v) is 18.8. The molecule has 3 aromatic heterocycles. The predicted octanol–water partition coefficient (Wildman–Crippen LogP) is 4.77. The number of aromatic nitrogens is 3. The van der Waals surface area contributed by atoms with Crippen molar-refractivity contribution in [2.45, 2.75) is 37.5 Å². The summed E-state index contributed by atoms with van der Waals surface area (Å²) in [5, 5.41) is 11.6. The van der Waals surface area contributed by atoms with Gasteiger partial charge in [-0.2, -0.15) is 0 Å². The van der Waals surface area contributed by atoms with Gasteiger partial charge >= 0.3 is 0 Å². The van der Waals surface area contributed by atoms with Crippen LogP contribution >= 0.6 is 11.3 Å². The molecule has 1 N–H and O–H groups in total. The van der Waals surface area contributed by atoms with Crippen LogP contribution in [0.3, 0.4) is 0 Å². The van der Waals surface area contributed by atoms with Gasteiger partial charge in [0.1, 0.15) is 10.6 Å². The second-order valence-corrected chi connectivity index (χ2v) is 10.0. The average Bonchev–Trinajstić information content (AvgIpc) is 3.46. The van der Waals surface area contributed by atoms with Gasteiger partial charge < -0.3 is 10.0 Å². The van der Waals surface area contributed by atoms with E-state index in [4.69, 9.17) is 9.97 Å². The number of thiophene rings is 1. The minimum absolute atomic E-state index is 0.174. The molecule has 4 aromatic rings. The van der Waals surface area contributed by atoms with E-state index in [1.54, 1.807) is 6.20 Å². The molecule has 0 amide bonds. The third-order valence-corrected chi connectivity index (χ3v) is 8.36. The van der Waals surface area contributed by atoms with E-state index in [0.717, 1.165) is 60.8 Å². The van der Waals surface area contributed by atoms with E-state index in [-0.39, 0.29) is 12.0 Å². The molecule has 0 spiro atoms. The van der Waals surface area contributed by atoms with Crippen LogP contribution in [0.5, 0.6) is 0 Å². The highest BCUT2D eigenvalue weighted by molar-refractivity contribution is 7.19. The van der Waals surface area contributed by atoms with Gasteiger partial charge in [-0.3, -0.25) is 4.98 Å². The van der Waals surface area contributed by atoms with Gasteiger partial charge in [-0.25, -0.2) is 9.97 Å². The summed E-state index contributed by atoms with van der Waals surface area (Å²) < 4.78 is 0. The Morgan fingerprint density at radius 3 is 2.59 bits per heavy atom. The van der Waals surface area contributed by atoms with Crippen molar-refractivity contribution in [1.29, 1.82) is 0 Å². The number of hydrogen-bond donors (Lipinski definition) is 1. The highest BCUT2D eigenvalue weighted by Gasteiger charge is 2.37. The maximum Gasteiger partial charge on any atom is 0.164 e. The molecule has 4 heterocycles. The average molecular weight is 443 g/mol. The zero-order valence-electron chi connectivity index (χ0n) is 18.0. The molecule has 32 heavy (non-hydrogen) atoms. The van der Waals surface area contributed by atoms with Gasteiger partial charge in [-0.05, 0) is 55.4 Å². The molecule has 1 aliphatic heterocycles. The van der Waals surface area contributed by atoms with Crippen LogP contribution < -0.4 is 4.90 Å². The number of piperidine rings is 1. The number of hydrogen-bond acceptors (Lipinski definition) is 6. The summed E-state index contributed by atoms with van der Waals surface area (Å²) in [6.45, 7) is 1.93. The van der Waals surface area contributed by atoms with E-state index in [1.807, 2.05) is 35.7 Å². The summed E-state index contributed by atoms with van der Waals surface area (Å²) in [6.07, 6.45) is 8.94. The molecule has 1 fully saturated rings. The third-order valence-electron chi connectivity index (χ3n) is 7.17. The van der Waals surface area contributed by atoms with Gasteiger partial charge in [0.15, 0.2) is 5.82 Å². The number of rotatable bonds is 4. The zero-order chi connectivity index (χ0) is 21.5. The van der Waals surface area contributed by atoms with Crippen LogP contribution in [-0.4, -0.2) is 39.8 Å². The second-order valence-electron chi connectivity index (χ2n) is 8.94. The number of aliphatic hydroxyl groups is 1. The molecule has 1 aromatic carbocycles. The molecule has 2 aliphatic rings. The lowest BCUT2D eigenvalue weighted by atomic mass is 9.73. The molecule has 5 nitrogen and oxygen atoms in total. The Hall–Kier alpha value is -2.83. The fraction of sp³-hybridized carbons (Fsp3) is 0.346. The Morgan fingerprint density at radius 1 is 1.00 bits per heavy atom. The summed E-state index contributed by atoms with van der Waals surface area (Å²) in [4.78, 5) is 19.3. The highest BCUT2D eigenvalue weighted by atomic mass is 32.1. The van der Waals surface area contributed by atoms with E-state index in [0.29, 0.717) is 0 Å². The molecule has 1 aliphatic carbocycles. The predicted molar refractivity (Wildman–Crippen MR) is 129 cm³/mol. The molecule has 1 saturated heterocycles. The van der Waals surface area contributed by atoms with Crippen LogP contribution in [0.25, 0.3) is 21.6 Å². The van der Waals surface area contributed by atoms with Gasteiger partial charge in [-0.15, -0.1) is 11.3 Å².